The second-order valence-electron chi connectivity index (χ2n) is 5.21. The second-order valence-corrected chi connectivity index (χ2v) is 5.21. The van der Waals surface area contributed by atoms with E-state index in [9.17, 15) is 4.79 Å². The Kier molecular flexibility index (Phi) is 5.00. The fourth-order valence-electron chi connectivity index (χ4n) is 1.88. The van der Waals surface area contributed by atoms with Crippen molar-refractivity contribution in [1.82, 2.24) is 9.80 Å². The molecule has 17 heavy (non-hydrogen) atoms. The summed E-state index contributed by atoms with van der Waals surface area (Å²) in [6, 6.07) is 0. The fourth-order valence-corrected chi connectivity index (χ4v) is 1.88. The summed E-state index contributed by atoms with van der Waals surface area (Å²) in [6.45, 7) is 6.04. The van der Waals surface area contributed by atoms with Crippen LogP contribution in [0.25, 0.3) is 0 Å². The van der Waals surface area contributed by atoms with Crippen LogP contribution < -0.4 is 0 Å². The number of hydrogen-bond donors (Lipinski definition) is 0. The Balaban J connectivity index is 2.83. The molecule has 0 unspecified atom stereocenters. The molecule has 0 aromatic heterocycles. The van der Waals surface area contributed by atoms with E-state index in [0.717, 1.165) is 24.4 Å². The first-order chi connectivity index (χ1) is 7.93. The van der Waals surface area contributed by atoms with E-state index in [2.05, 4.69) is 18.7 Å². The van der Waals surface area contributed by atoms with Crippen molar-refractivity contribution in [3.63, 3.8) is 0 Å². The van der Waals surface area contributed by atoms with Crippen LogP contribution in [-0.2, 0) is 9.53 Å². The van der Waals surface area contributed by atoms with Gasteiger partial charge in [-0.15, -0.1) is 0 Å². The third kappa shape index (κ3) is 3.73. The highest BCUT2D eigenvalue weighted by molar-refractivity contribution is 5.97. The van der Waals surface area contributed by atoms with E-state index in [1.54, 1.807) is 0 Å². The van der Waals surface area contributed by atoms with Gasteiger partial charge in [-0.2, -0.15) is 0 Å². The van der Waals surface area contributed by atoms with Crippen LogP contribution in [0.5, 0.6) is 0 Å². The summed E-state index contributed by atoms with van der Waals surface area (Å²) in [6.07, 6.45) is 1.09. The second kappa shape index (κ2) is 6.05. The highest BCUT2D eigenvalue weighted by Gasteiger charge is 2.25. The molecule has 0 N–H and O–H groups in total. The summed E-state index contributed by atoms with van der Waals surface area (Å²) in [7, 11) is 5.89. The van der Waals surface area contributed by atoms with Gasteiger partial charge in [0, 0.05) is 27.7 Å². The van der Waals surface area contributed by atoms with Gasteiger partial charge in [0.15, 0.2) is 0 Å². The van der Waals surface area contributed by atoms with E-state index < -0.39 is 0 Å². The summed E-state index contributed by atoms with van der Waals surface area (Å²) in [4.78, 5) is 16.0. The number of likely N-dealkylation sites (N-methyl/N-ethyl adjacent to an activating group) is 2. The third-order valence-corrected chi connectivity index (χ3v) is 2.97. The molecule has 0 fully saturated rings. The van der Waals surface area contributed by atoms with Gasteiger partial charge < -0.3 is 14.5 Å². The Morgan fingerprint density at radius 3 is 2.41 bits per heavy atom. The first-order valence-corrected chi connectivity index (χ1v) is 6.16. The predicted octanol–water partition coefficient (Wildman–Crippen LogP) is 1.34. The number of nitrogens with zero attached hydrogens (tertiary/aromatic N) is 2. The smallest absolute Gasteiger partial charge is 0.206 e. The molecule has 0 aromatic carbocycles. The first kappa shape index (κ1) is 14.0. The Morgan fingerprint density at radius 1 is 1.24 bits per heavy atom. The molecule has 1 aliphatic heterocycles. The molecule has 0 aliphatic carbocycles. The molecule has 1 rings (SSSR count). The largest absolute Gasteiger partial charge is 0.377 e. The molecule has 0 saturated heterocycles. The lowest BCUT2D eigenvalue weighted by atomic mass is 10.1. The lowest BCUT2D eigenvalue weighted by Gasteiger charge is -2.31. The highest BCUT2D eigenvalue weighted by atomic mass is 16.5. The zero-order valence-corrected chi connectivity index (χ0v) is 11.6. The number of rotatable bonds is 5. The van der Waals surface area contributed by atoms with Crippen molar-refractivity contribution in [3.05, 3.63) is 11.4 Å². The Labute approximate surface area is 104 Å². The number of Topliss-reactive ketones (excluding diaryl/α,β-unsaturated/α-hetero) is 1. The number of hydrogen-bond acceptors (Lipinski definition) is 4. The summed E-state index contributed by atoms with van der Waals surface area (Å²) in [5.74, 6) is 0.738. The standard InChI is InChI=1S/C13H24N2O2/c1-10(2)6-7-15(5)13-11(14(3)4)8-17-9-12(13)16/h10H,6-9H2,1-5H3. The van der Waals surface area contributed by atoms with E-state index in [-0.39, 0.29) is 12.4 Å². The van der Waals surface area contributed by atoms with E-state index in [0.29, 0.717) is 12.5 Å². The van der Waals surface area contributed by atoms with Gasteiger partial charge in [0.05, 0.1) is 12.3 Å². The molecule has 0 radical (unpaired) electrons. The van der Waals surface area contributed by atoms with E-state index in [1.165, 1.54) is 0 Å². The fraction of sp³-hybridized carbons (Fsp3) is 0.769. The molecule has 4 heteroatoms. The van der Waals surface area contributed by atoms with Crippen molar-refractivity contribution in [2.24, 2.45) is 5.92 Å². The lowest BCUT2D eigenvalue weighted by Crippen LogP contribution is -2.37. The van der Waals surface area contributed by atoms with Crippen LogP contribution in [0.2, 0.25) is 0 Å². The SMILES string of the molecule is CC(C)CCN(C)C1=C(N(C)C)COCC1=O. The average Bonchev–Trinajstić information content (AvgIpc) is 2.25. The normalized spacial score (nSPS) is 16.7. The molecular formula is C13H24N2O2. The Hall–Kier alpha value is -1.03. The maximum Gasteiger partial charge on any atom is 0.206 e. The monoisotopic (exact) mass is 240 g/mol. The maximum atomic E-state index is 11.9. The van der Waals surface area contributed by atoms with Crippen LogP contribution in [0, 0.1) is 5.92 Å². The molecule has 1 aliphatic rings. The molecule has 1 heterocycles. The van der Waals surface area contributed by atoms with Crippen LogP contribution in [0.4, 0.5) is 0 Å². The number of ether oxygens (including phenoxy) is 1. The molecular weight excluding hydrogens is 216 g/mol. The van der Waals surface area contributed by atoms with Crippen LogP contribution in [0.1, 0.15) is 20.3 Å². The molecule has 0 saturated carbocycles. The van der Waals surface area contributed by atoms with Crippen molar-refractivity contribution in [2.45, 2.75) is 20.3 Å². The van der Waals surface area contributed by atoms with Gasteiger partial charge in [-0.05, 0) is 12.3 Å². The quantitative estimate of drug-likeness (QED) is 0.726. The minimum Gasteiger partial charge on any atom is -0.377 e. The molecule has 0 bridgehead atoms. The van der Waals surface area contributed by atoms with Gasteiger partial charge in [0.25, 0.3) is 0 Å². The van der Waals surface area contributed by atoms with E-state index in [1.807, 2.05) is 26.0 Å². The van der Waals surface area contributed by atoms with Gasteiger partial charge in [-0.1, -0.05) is 13.8 Å². The lowest BCUT2D eigenvalue weighted by molar-refractivity contribution is -0.123. The number of carbonyl (C=O) groups excluding carboxylic acids is 1. The van der Waals surface area contributed by atoms with Crippen molar-refractivity contribution in [3.8, 4) is 0 Å². The Bertz CT molecular complexity index is 309. The summed E-state index contributed by atoms with van der Waals surface area (Å²) >= 11 is 0. The Morgan fingerprint density at radius 2 is 1.88 bits per heavy atom. The van der Waals surface area contributed by atoms with Crippen molar-refractivity contribution in [2.75, 3.05) is 40.9 Å². The third-order valence-electron chi connectivity index (χ3n) is 2.97. The van der Waals surface area contributed by atoms with Gasteiger partial charge in [-0.25, -0.2) is 0 Å². The van der Waals surface area contributed by atoms with E-state index >= 15 is 0 Å². The van der Waals surface area contributed by atoms with Crippen LogP contribution in [0.15, 0.2) is 11.4 Å². The summed E-state index contributed by atoms with van der Waals surface area (Å²) < 4.78 is 5.29. The van der Waals surface area contributed by atoms with Crippen molar-refractivity contribution >= 4 is 5.78 Å². The minimum atomic E-state index is 0.0891. The van der Waals surface area contributed by atoms with Gasteiger partial charge >= 0.3 is 0 Å². The topological polar surface area (TPSA) is 32.8 Å². The van der Waals surface area contributed by atoms with Crippen LogP contribution in [-0.4, -0.2) is 56.5 Å². The molecule has 98 valence electrons. The maximum absolute atomic E-state index is 11.9. The van der Waals surface area contributed by atoms with Crippen molar-refractivity contribution < 1.29 is 9.53 Å². The molecule has 0 amide bonds. The predicted molar refractivity (Wildman–Crippen MR) is 68.6 cm³/mol. The van der Waals surface area contributed by atoms with Gasteiger partial charge in [-0.3, -0.25) is 4.79 Å². The molecule has 0 aromatic rings. The van der Waals surface area contributed by atoms with Crippen LogP contribution in [0.3, 0.4) is 0 Å². The summed E-state index contributed by atoms with van der Waals surface area (Å²) in [5, 5.41) is 0. The zero-order valence-electron chi connectivity index (χ0n) is 11.6. The molecule has 4 nitrogen and oxygen atoms in total. The average molecular weight is 240 g/mol. The number of carbonyl (C=O) groups is 1. The van der Waals surface area contributed by atoms with Gasteiger partial charge in [0.2, 0.25) is 5.78 Å². The minimum absolute atomic E-state index is 0.0891. The van der Waals surface area contributed by atoms with Crippen LogP contribution >= 0.6 is 0 Å². The van der Waals surface area contributed by atoms with E-state index in [4.69, 9.17) is 4.74 Å². The van der Waals surface area contributed by atoms with Crippen molar-refractivity contribution in [1.29, 1.82) is 0 Å². The first-order valence-electron chi connectivity index (χ1n) is 6.16. The molecule has 0 spiro atoms. The highest BCUT2D eigenvalue weighted by Crippen LogP contribution is 2.18. The molecule has 0 atom stereocenters. The summed E-state index contributed by atoms with van der Waals surface area (Å²) in [5.41, 5.74) is 1.80. The zero-order chi connectivity index (χ0) is 13.0. The van der Waals surface area contributed by atoms with Gasteiger partial charge in [0.1, 0.15) is 12.3 Å². The number of ketones is 1.